The molecule has 0 radical (unpaired) electrons. The van der Waals surface area contributed by atoms with Crippen molar-refractivity contribution in [1.29, 1.82) is 5.26 Å². The maximum Gasteiger partial charge on any atom is 0.270 e. The van der Waals surface area contributed by atoms with E-state index in [9.17, 15) is 15.4 Å². The fourth-order valence-electron chi connectivity index (χ4n) is 2.35. The number of non-ortho nitro benzene ring substituents is 1. The van der Waals surface area contributed by atoms with E-state index in [-0.39, 0.29) is 11.3 Å². The fraction of sp³-hybridized carbons (Fsp3) is 0.0588. The summed E-state index contributed by atoms with van der Waals surface area (Å²) < 4.78 is 1.77. The molecule has 0 aliphatic rings. The Kier molecular flexibility index (Phi) is 3.85. The van der Waals surface area contributed by atoms with Gasteiger partial charge in [-0.05, 0) is 11.6 Å². The Balaban J connectivity index is 1.91. The summed E-state index contributed by atoms with van der Waals surface area (Å²) in [5.41, 5.74) is 2.68. The van der Waals surface area contributed by atoms with Gasteiger partial charge >= 0.3 is 0 Å². The van der Waals surface area contributed by atoms with Gasteiger partial charge in [-0.15, -0.1) is 0 Å². The molecule has 0 N–H and O–H groups in total. The number of nitriles is 1. The van der Waals surface area contributed by atoms with Crippen molar-refractivity contribution >= 4 is 5.69 Å². The Bertz CT molecular complexity index is 894. The van der Waals surface area contributed by atoms with Crippen molar-refractivity contribution in [3.63, 3.8) is 0 Å². The molecule has 0 unspecified atom stereocenters. The van der Waals surface area contributed by atoms with Gasteiger partial charge in [-0.1, -0.05) is 30.3 Å². The molecule has 0 aliphatic heterocycles. The number of nitro groups is 1. The number of hydrogen-bond acceptors (Lipinski definition) is 4. The quantitative estimate of drug-likeness (QED) is 0.546. The summed E-state index contributed by atoms with van der Waals surface area (Å²) in [6.07, 6.45) is 3.49. The van der Waals surface area contributed by atoms with E-state index in [0.29, 0.717) is 12.1 Å². The van der Waals surface area contributed by atoms with Crippen molar-refractivity contribution in [2.45, 2.75) is 6.54 Å². The lowest BCUT2D eigenvalue weighted by atomic mass is 10.0. The summed E-state index contributed by atoms with van der Waals surface area (Å²) in [5.74, 6) is 0. The van der Waals surface area contributed by atoms with Gasteiger partial charge in [-0.2, -0.15) is 10.4 Å². The third-order valence-electron chi connectivity index (χ3n) is 3.47. The van der Waals surface area contributed by atoms with E-state index in [0.717, 1.165) is 11.1 Å². The zero-order valence-electron chi connectivity index (χ0n) is 12.1. The number of hydrogen-bond donors (Lipinski definition) is 0. The van der Waals surface area contributed by atoms with E-state index in [1.165, 1.54) is 12.1 Å². The summed E-state index contributed by atoms with van der Waals surface area (Å²) in [6.45, 7) is 0.621. The van der Waals surface area contributed by atoms with Crippen LogP contribution in [-0.4, -0.2) is 14.7 Å². The molecule has 0 saturated carbocycles. The number of nitrogens with zero attached hydrogens (tertiary/aromatic N) is 4. The average molecular weight is 304 g/mol. The van der Waals surface area contributed by atoms with Gasteiger partial charge < -0.3 is 0 Å². The van der Waals surface area contributed by atoms with Crippen molar-refractivity contribution in [2.24, 2.45) is 0 Å². The SMILES string of the molecule is N#Cc1cc([N+](=O)[O-])ccc1-c1cnn(Cc2ccccc2)c1. The van der Waals surface area contributed by atoms with Crippen LogP contribution in [0.5, 0.6) is 0 Å². The van der Waals surface area contributed by atoms with Crippen molar-refractivity contribution in [3.05, 3.63) is 82.2 Å². The minimum absolute atomic E-state index is 0.0954. The molecule has 112 valence electrons. The molecule has 0 saturated heterocycles. The van der Waals surface area contributed by atoms with Gasteiger partial charge in [0.25, 0.3) is 5.69 Å². The van der Waals surface area contributed by atoms with Crippen LogP contribution in [0.3, 0.4) is 0 Å². The van der Waals surface area contributed by atoms with E-state index >= 15 is 0 Å². The highest BCUT2D eigenvalue weighted by Crippen LogP contribution is 2.26. The molecule has 1 aromatic heterocycles. The van der Waals surface area contributed by atoms with Gasteiger partial charge in [-0.25, -0.2) is 0 Å². The van der Waals surface area contributed by atoms with Crippen molar-refractivity contribution in [2.75, 3.05) is 0 Å². The van der Waals surface area contributed by atoms with Crippen molar-refractivity contribution in [3.8, 4) is 17.2 Å². The third-order valence-corrected chi connectivity index (χ3v) is 3.47. The molecular formula is C17H12N4O2. The maximum absolute atomic E-state index is 10.8. The molecule has 3 aromatic rings. The lowest BCUT2D eigenvalue weighted by Crippen LogP contribution is -1.99. The molecule has 3 rings (SSSR count). The molecule has 0 fully saturated rings. The molecule has 0 aliphatic carbocycles. The van der Waals surface area contributed by atoms with Crippen LogP contribution >= 0.6 is 0 Å². The lowest BCUT2D eigenvalue weighted by molar-refractivity contribution is -0.384. The number of benzene rings is 2. The molecular weight excluding hydrogens is 292 g/mol. The van der Waals surface area contributed by atoms with Crippen LogP contribution in [0, 0.1) is 21.4 Å². The lowest BCUT2D eigenvalue weighted by Gasteiger charge is -2.02. The second kappa shape index (κ2) is 6.12. The predicted octanol–water partition coefficient (Wildman–Crippen LogP) is 3.38. The molecule has 0 spiro atoms. The minimum Gasteiger partial charge on any atom is -0.268 e. The molecule has 0 amide bonds. The normalized spacial score (nSPS) is 10.2. The smallest absolute Gasteiger partial charge is 0.268 e. The van der Waals surface area contributed by atoms with Crippen molar-refractivity contribution < 1.29 is 4.92 Å². The van der Waals surface area contributed by atoms with Crippen LogP contribution in [0.1, 0.15) is 11.1 Å². The zero-order chi connectivity index (χ0) is 16.2. The summed E-state index contributed by atoms with van der Waals surface area (Å²) >= 11 is 0. The van der Waals surface area contributed by atoms with Gasteiger partial charge in [0, 0.05) is 29.5 Å². The first kappa shape index (κ1) is 14.5. The molecule has 23 heavy (non-hydrogen) atoms. The van der Waals surface area contributed by atoms with Crippen LogP contribution < -0.4 is 0 Å². The van der Waals surface area contributed by atoms with Crippen LogP contribution in [0.2, 0.25) is 0 Å². The van der Waals surface area contributed by atoms with Gasteiger partial charge in [0.05, 0.1) is 23.2 Å². The Morgan fingerprint density at radius 3 is 2.70 bits per heavy atom. The van der Waals surface area contributed by atoms with E-state index in [2.05, 4.69) is 5.10 Å². The van der Waals surface area contributed by atoms with Gasteiger partial charge in [0.15, 0.2) is 0 Å². The molecule has 6 heteroatoms. The Morgan fingerprint density at radius 2 is 2.00 bits per heavy atom. The van der Waals surface area contributed by atoms with Gasteiger partial charge in [0.2, 0.25) is 0 Å². The minimum atomic E-state index is -0.510. The first-order chi connectivity index (χ1) is 11.2. The van der Waals surface area contributed by atoms with E-state index in [1.54, 1.807) is 16.9 Å². The second-order valence-electron chi connectivity index (χ2n) is 5.01. The second-order valence-corrected chi connectivity index (χ2v) is 5.01. The molecule has 0 atom stereocenters. The Morgan fingerprint density at radius 1 is 1.22 bits per heavy atom. The average Bonchev–Trinajstić information content (AvgIpc) is 3.03. The van der Waals surface area contributed by atoms with Crippen molar-refractivity contribution in [1.82, 2.24) is 9.78 Å². The predicted molar refractivity (Wildman–Crippen MR) is 84.6 cm³/mol. The number of aromatic nitrogens is 2. The first-order valence-electron chi connectivity index (χ1n) is 6.92. The van der Waals surface area contributed by atoms with Crippen LogP contribution in [-0.2, 0) is 6.54 Å². The van der Waals surface area contributed by atoms with E-state index in [1.807, 2.05) is 42.6 Å². The monoisotopic (exact) mass is 304 g/mol. The summed E-state index contributed by atoms with van der Waals surface area (Å²) in [6, 6.07) is 16.2. The van der Waals surface area contributed by atoms with Crippen LogP contribution in [0.25, 0.3) is 11.1 Å². The topological polar surface area (TPSA) is 84.8 Å². The number of nitro benzene ring substituents is 1. The summed E-state index contributed by atoms with van der Waals surface area (Å²) in [5, 5.41) is 24.3. The molecule has 0 bridgehead atoms. The first-order valence-corrected chi connectivity index (χ1v) is 6.92. The maximum atomic E-state index is 10.8. The summed E-state index contributed by atoms with van der Waals surface area (Å²) in [4.78, 5) is 10.3. The van der Waals surface area contributed by atoms with Gasteiger partial charge in [-0.3, -0.25) is 14.8 Å². The van der Waals surface area contributed by atoms with Crippen LogP contribution in [0.4, 0.5) is 5.69 Å². The highest BCUT2D eigenvalue weighted by Gasteiger charge is 2.13. The largest absolute Gasteiger partial charge is 0.270 e. The molecule has 6 nitrogen and oxygen atoms in total. The van der Waals surface area contributed by atoms with E-state index < -0.39 is 4.92 Å². The zero-order valence-corrected chi connectivity index (χ0v) is 12.1. The Labute approximate surface area is 132 Å². The Hall–Kier alpha value is -3.46. The van der Waals surface area contributed by atoms with E-state index in [4.69, 9.17) is 0 Å². The summed E-state index contributed by atoms with van der Waals surface area (Å²) in [7, 11) is 0. The fourth-order valence-corrected chi connectivity index (χ4v) is 2.35. The highest BCUT2D eigenvalue weighted by atomic mass is 16.6. The standard InChI is InChI=1S/C17H12N4O2/c18-9-14-8-16(21(22)23)6-7-17(14)15-10-19-20(12-15)11-13-4-2-1-3-5-13/h1-8,10,12H,11H2. The molecule has 2 aromatic carbocycles. The van der Waals surface area contributed by atoms with Crippen LogP contribution in [0.15, 0.2) is 60.9 Å². The third kappa shape index (κ3) is 3.09. The molecule has 1 heterocycles. The highest BCUT2D eigenvalue weighted by molar-refractivity contribution is 5.71. The number of rotatable bonds is 4. The van der Waals surface area contributed by atoms with Gasteiger partial charge in [0.1, 0.15) is 6.07 Å².